The summed E-state index contributed by atoms with van der Waals surface area (Å²) in [5.74, 6) is 1.43. The van der Waals surface area contributed by atoms with E-state index < -0.39 is 0 Å². The lowest BCUT2D eigenvalue weighted by Crippen LogP contribution is -2.14. The minimum Gasteiger partial charge on any atom is -0.325 e. The number of aryl methyl sites for hydroxylation is 1. The van der Waals surface area contributed by atoms with Gasteiger partial charge in [-0.15, -0.1) is 10.2 Å². The summed E-state index contributed by atoms with van der Waals surface area (Å²) in [5, 5.41) is 12.7. The molecule has 0 radical (unpaired) electrons. The lowest BCUT2D eigenvalue weighted by molar-refractivity contribution is -0.113. The number of nitrogens with zero attached hydrogens (tertiary/aromatic N) is 3. The van der Waals surface area contributed by atoms with Gasteiger partial charge in [0.25, 0.3) is 0 Å². The molecule has 37 heavy (non-hydrogen) atoms. The average molecular weight is 513 g/mol. The van der Waals surface area contributed by atoms with Crippen molar-refractivity contribution in [2.24, 2.45) is 0 Å². The molecule has 0 spiro atoms. The predicted molar refractivity (Wildman–Crippen MR) is 155 cm³/mol. The standard InChI is InChI=1S/C31H36N4OS/c1-7-22(3)23-12-16-26(17-13-23)32-28(36)20-37-30-34-33-29(35(30)27-18-8-21(2)9-19-27)24-10-14-25(15-11-24)31(4,5)6/h8-19,22H,7,20H2,1-6H3,(H,32,36). The fourth-order valence-electron chi connectivity index (χ4n) is 4.05. The van der Waals surface area contributed by atoms with Crippen molar-refractivity contribution in [1.29, 1.82) is 0 Å². The second-order valence-electron chi connectivity index (χ2n) is 10.6. The number of thioether (sulfide) groups is 1. The number of amides is 1. The van der Waals surface area contributed by atoms with Gasteiger partial charge in [0.2, 0.25) is 5.91 Å². The molecule has 0 saturated carbocycles. The van der Waals surface area contributed by atoms with Gasteiger partial charge in [-0.2, -0.15) is 0 Å². The maximum atomic E-state index is 12.8. The highest BCUT2D eigenvalue weighted by Gasteiger charge is 2.19. The Labute approximate surface area is 224 Å². The first-order valence-corrected chi connectivity index (χ1v) is 13.8. The van der Waals surface area contributed by atoms with Crippen LogP contribution in [0.1, 0.15) is 63.6 Å². The Balaban J connectivity index is 1.55. The molecule has 3 aromatic carbocycles. The Kier molecular flexibility index (Phi) is 8.18. The fraction of sp³-hybridized carbons (Fsp3) is 0.323. The number of nitrogens with one attached hydrogen (secondary N) is 1. The van der Waals surface area contributed by atoms with Crippen LogP contribution in [0, 0.1) is 6.92 Å². The fourth-order valence-corrected chi connectivity index (χ4v) is 4.81. The third kappa shape index (κ3) is 6.50. The SMILES string of the molecule is CCC(C)c1ccc(NC(=O)CSc2nnc(-c3ccc(C(C)(C)C)cc3)n2-c2ccc(C)cc2)cc1. The first kappa shape index (κ1) is 26.7. The lowest BCUT2D eigenvalue weighted by atomic mass is 9.87. The molecule has 0 aliphatic heterocycles. The molecule has 1 N–H and O–H groups in total. The van der Waals surface area contributed by atoms with Crippen molar-refractivity contribution < 1.29 is 4.79 Å². The topological polar surface area (TPSA) is 59.8 Å². The summed E-state index contributed by atoms with van der Waals surface area (Å²) in [4.78, 5) is 12.8. The summed E-state index contributed by atoms with van der Waals surface area (Å²) in [6, 6.07) is 24.9. The normalized spacial score (nSPS) is 12.4. The summed E-state index contributed by atoms with van der Waals surface area (Å²) in [6.07, 6.45) is 1.09. The van der Waals surface area contributed by atoms with Crippen LogP contribution in [0.3, 0.4) is 0 Å². The van der Waals surface area contributed by atoms with E-state index in [-0.39, 0.29) is 17.1 Å². The molecule has 4 aromatic rings. The van der Waals surface area contributed by atoms with Crippen LogP contribution < -0.4 is 5.32 Å². The highest BCUT2D eigenvalue weighted by Crippen LogP contribution is 2.30. The molecule has 0 aliphatic rings. The second kappa shape index (κ2) is 11.3. The first-order chi connectivity index (χ1) is 17.7. The number of hydrogen-bond acceptors (Lipinski definition) is 4. The molecule has 1 atom stereocenters. The van der Waals surface area contributed by atoms with E-state index in [1.807, 2.05) is 16.7 Å². The van der Waals surface area contributed by atoms with E-state index in [1.165, 1.54) is 28.5 Å². The molecule has 192 valence electrons. The Morgan fingerprint density at radius 3 is 2.19 bits per heavy atom. The minimum atomic E-state index is -0.0733. The summed E-state index contributed by atoms with van der Waals surface area (Å²) in [7, 11) is 0. The summed E-state index contributed by atoms with van der Waals surface area (Å²) < 4.78 is 2.03. The molecule has 4 rings (SSSR count). The number of rotatable bonds is 8. The molecule has 1 unspecified atom stereocenters. The van der Waals surface area contributed by atoms with Gasteiger partial charge in [0.15, 0.2) is 11.0 Å². The Bertz CT molecular complexity index is 1330. The summed E-state index contributed by atoms with van der Waals surface area (Å²) >= 11 is 1.39. The molecular weight excluding hydrogens is 476 g/mol. The minimum absolute atomic E-state index is 0.0733. The van der Waals surface area contributed by atoms with Gasteiger partial charge in [-0.25, -0.2) is 0 Å². The van der Waals surface area contributed by atoms with E-state index >= 15 is 0 Å². The molecular formula is C31H36N4OS. The molecule has 1 amide bonds. The third-order valence-corrected chi connectivity index (χ3v) is 7.57. The molecule has 0 fully saturated rings. The van der Waals surface area contributed by atoms with Crippen LogP contribution in [0.2, 0.25) is 0 Å². The zero-order valence-electron chi connectivity index (χ0n) is 22.6. The van der Waals surface area contributed by atoms with Gasteiger partial charge in [-0.3, -0.25) is 9.36 Å². The number of aromatic nitrogens is 3. The molecule has 0 saturated heterocycles. The van der Waals surface area contributed by atoms with Gasteiger partial charge in [0.1, 0.15) is 0 Å². The maximum Gasteiger partial charge on any atom is 0.234 e. The highest BCUT2D eigenvalue weighted by molar-refractivity contribution is 7.99. The van der Waals surface area contributed by atoms with Crippen molar-refractivity contribution >= 4 is 23.4 Å². The lowest BCUT2D eigenvalue weighted by Gasteiger charge is -2.19. The van der Waals surface area contributed by atoms with E-state index in [2.05, 4.69) is 118 Å². The van der Waals surface area contributed by atoms with Crippen molar-refractivity contribution in [2.75, 3.05) is 11.1 Å². The highest BCUT2D eigenvalue weighted by atomic mass is 32.2. The Morgan fingerprint density at radius 1 is 0.946 bits per heavy atom. The van der Waals surface area contributed by atoms with E-state index in [0.29, 0.717) is 11.1 Å². The predicted octanol–water partition coefficient (Wildman–Crippen LogP) is 7.78. The number of hydrogen-bond donors (Lipinski definition) is 1. The van der Waals surface area contributed by atoms with Gasteiger partial charge in [-0.1, -0.05) is 100 Å². The van der Waals surface area contributed by atoms with Crippen molar-refractivity contribution in [2.45, 2.75) is 64.5 Å². The van der Waals surface area contributed by atoms with Crippen molar-refractivity contribution in [3.05, 3.63) is 89.5 Å². The second-order valence-corrected chi connectivity index (χ2v) is 11.5. The number of anilines is 1. The average Bonchev–Trinajstić information content (AvgIpc) is 3.31. The smallest absolute Gasteiger partial charge is 0.234 e. The van der Waals surface area contributed by atoms with Crippen molar-refractivity contribution in [3.63, 3.8) is 0 Å². The molecule has 1 heterocycles. The van der Waals surface area contributed by atoms with Gasteiger partial charge < -0.3 is 5.32 Å². The van der Waals surface area contributed by atoms with Crippen molar-refractivity contribution in [3.8, 4) is 17.1 Å². The number of benzene rings is 3. The van der Waals surface area contributed by atoms with Gasteiger partial charge >= 0.3 is 0 Å². The summed E-state index contributed by atoms with van der Waals surface area (Å²) in [5.41, 5.74) is 6.56. The number of carbonyl (C=O) groups excluding carboxylic acids is 1. The van der Waals surface area contributed by atoms with Crippen LogP contribution in [0.15, 0.2) is 78.0 Å². The van der Waals surface area contributed by atoms with Gasteiger partial charge in [-0.05, 0) is 60.1 Å². The van der Waals surface area contributed by atoms with E-state index in [9.17, 15) is 4.79 Å². The zero-order chi connectivity index (χ0) is 26.6. The van der Waals surface area contributed by atoms with E-state index in [0.717, 1.165) is 29.2 Å². The summed E-state index contributed by atoms with van der Waals surface area (Å²) in [6.45, 7) is 13.1. The third-order valence-electron chi connectivity index (χ3n) is 6.64. The molecule has 5 nitrogen and oxygen atoms in total. The van der Waals surface area contributed by atoms with Crippen molar-refractivity contribution in [1.82, 2.24) is 14.8 Å². The maximum absolute atomic E-state index is 12.8. The van der Waals surface area contributed by atoms with Crippen LogP contribution in [0.4, 0.5) is 5.69 Å². The van der Waals surface area contributed by atoms with Crippen LogP contribution in [-0.2, 0) is 10.2 Å². The van der Waals surface area contributed by atoms with E-state index in [1.54, 1.807) is 0 Å². The molecule has 0 bridgehead atoms. The molecule has 1 aromatic heterocycles. The van der Waals surface area contributed by atoms with Crippen LogP contribution in [0.25, 0.3) is 17.1 Å². The quantitative estimate of drug-likeness (QED) is 0.245. The molecule has 0 aliphatic carbocycles. The van der Waals surface area contributed by atoms with Crippen LogP contribution >= 0.6 is 11.8 Å². The Morgan fingerprint density at radius 2 is 1.59 bits per heavy atom. The zero-order valence-corrected chi connectivity index (χ0v) is 23.4. The monoisotopic (exact) mass is 512 g/mol. The van der Waals surface area contributed by atoms with Crippen LogP contribution in [-0.4, -0.2) is 26.4 Å². The van der Waals surface area contributed by atoms with Gasteiger partial charge in [0, 0.05) is 16.9 Å². The van der Waals surface area contributed by atoms with Crippen LogP contribution in [0.5, 0.6) is 0 Å². The Hall–Kier alpha value is -3.38. The molecule has 6 heteroatoms. The first-order valence-electron chi connectivity index (χ1n) is 12.8. The van der Waals surface area contributed by atoms with Gasteiger partial charge in [0.05, 0.1) is 5.75 Å². The number of carbonyl (C=O) groups is 1. The van der Waals surface area contributed by atoms with E-state index in [4.69, 9.17) is 0 Å². The largest absolute Gasteiger partial charge is 0.325 e.